The number of aliphatic carboxylic acids is 1. The lowest BCUT2D eigenvalue weighted by Gasteiger charge is -2.27. The normalized spacial score (nSPS) is 23.7. The van der Waals surface area contributed by atoms with Crippen LogP contribution in [-0.4, -0.2) is 17.1 Å². The zero-order valence-electron chi connectivity index (χ0n) is 11.1. The Kier molecular flexibility index (Phi) is 3.90. The van der Waals surface area contributed by atoms with Gasteiger partial charge in [-0.2, -0.15) is 0 Å². The highest BCUT2D eigenvalue weighted by atomic mass is 16.4. The molecule has 0 aromatic heterocycles. The van der Waals surface area contributed by atoms with Crippen LogP contribution in [0.2, 0.25) is 0 Å². The second-order valence-electron chi connectivity index (χ2n) is 5.33. The third-order valence-corrected chi connectivity index (χ3v) is 3.95. The molecule has 0 aliphatic heterocycles. The molecule has 3 heteroatoms. The fourth-order valence-corrected chi connectivity index (χ4v) is 2.55. The Morgan fingerprint density at radius 2 is 1.83 bits per heavy atom. The van der Waals surface area contributed by atoms with Crippen molar-refractivity contribution in [3.8, 4) is 0 Å². The molecule has 0 saturated heterocycles. The first kappa shape index (κ1) is 12.9. The van der Waals surface area contributed by atoms with Gasteiger partial charge >= 0.3 is 5.97 Å². The van der Waals surface area contributed by atoms with E-state index >= 15 is 0 Å². The van der Waals surface area contributed by atoms with Crippen molar-refractivity contribution < 1.29 is 9.90 Å². The van der Waals surface area contributed by atoms with E-state index in [2.05, 4.69) is 37.4 Å². The highest BCUT2D eigenvalue weighted by Crippen LogP contribution is 2.27. The Labute approximate surface area is 108 Å². The Morgan fingerprint density at radius 3 is 2.39 bits per heavy atom. The summed E-state index contributed by atoms with van der Waals surface area (Å²) in [6, 6.07) is 6.81. The number of rotatable bonds is 3. The van der Waals surface area contributed by atoms with Gasteiger partial charge in [-0.25, -0.2) is 0 Å². The molecule has 0 unspecified atom stereocenters. The van der Waals surface area contributed by atoms with E-state index in [1.165, 1.54) is 11.1 Å². The number of hydrogen-bond donors (Lipinski definition) is 2. The SMILES string of the molecule is Cc1ccc(NC2CCC(C(=O)O)CC2)cc1C. The van der Waals surface area contributed by atoms with Crippen molar-refractivity contribution in [3.05, 3.63) is 29.3 Å². The van der Waals surface area contributed by atoms with Gasteiger partial charge in [-0.3, -0.25) is 4.79 Å². The van der Waals surface area contributed by atoms with Gasteiger partial charge in [0.15, 0.2) is 0 Å². The van der Waals surface area contributed by atoms with Gasteiger partial charge in [-0.15, -0.1) is 0 Å². The first-order valence-electron chi connectivity index (χ1n) is 6.63. The fraction of sp³-hybridized carbons (Fsp3) is 0.533. The van der Waals surface area contributed by atoms with E-state index in [-0.39, 0.29) is 5.92 Å². The summed E-state index contributed by atoms with van der Waals surface area (Å²) in [4.78, 5) is 10.9. The quantitative estimate of drug-likeness (QED) is 0.861. The van der Waals surface area contributed by atoms with Crippen molar-refractivity contribution in [2.24, 2.45) is 5.92 Å². The van der Waals surface area contributed by atoms with Crippen molar-refractivity contribution >= 4 is 11.7 Å². The van der Waals surface area contributed by atoms with Crippen molar-refractivity contribution in [1.82, 2.24) is 0 Å². The van der Waals surface area contributed by atoms with Gasteiger partial charge in [0, 0.05) is 11.7 Å². The van der Waals surface area contributed by atoms with E-state index in [0.29, 0.717) is 6.04 Å². The molecule has 1 aliphatic rings. The summed E-state index contributed by atoms with van der Waals surface area (Å²) >= 11 is 0. The van der Waals surface area contributed by atoms with Gasteiger partial charge in [0.25, 0.3) is 0 Å². The monoisotopic (exact) mass is 247 g/mol. The second-order valence-corrected chi connectivity index (χ2v) is 5.33. The molecule has 18 heavy (non-hydrogen) atoms. The van der Waals surface area contributed by atoms with E-state index in [1.807, 2.05) is 0 Å². The number of carboxylic acids is 1. The largest absolute Gasteiger partial charge is 0.481 e. The number of aryl methyl sites for hydroxylation is 2. The molecule has 2 rings (SSSR count). The standard InChI is InChI=1S/C15H21NO2/c1-10-3-6-14(9-11(10)2)16-13-7-4-12(5-8-13)15(17)18/h3,6,9,12-13,16H,4-5,7-8H2,1-2H3,(H,17,18). The lowest BCUT2D eigenvalue weighted by Crippen LogP contribution is -2.29. The maximum absolute atomic E-state index is 10.9. The minimum Gasteiger partial charge on any atom is -0.481 e. The first-order chi connectivity index (χ1) is 8.56. The van der Waals surface area contributed by atoms with E-state index in [9.17, 15) is 4.79 Å². The van der Waals surface area contributed by atoms with Gasteiger partial charge in [0.1, 0.15) is 0 Å². The first-order valence-corrected chi connectivity index (χ1v) is 6.63. The van der Waals surface area contributed by atoms with Crippen molar-refractivity contribution in [2.75, 3.05) is 5.32 Å². The average Bonchev–Trinajstić information content (AvgIpc) is 2.34. The highest BCUT2D eigenvalue weighted by Gasteiger charge is 2.25. The summed E-state index contributed by atoms with van der Waals surface area (Å²) in [5, 5.41) is 12.5. The average molecular weight is 247 g/mol. The van der Waals surface area contributed by atoms with Crippen LogP contribution in [0.25, 0.3) is 0 Å². The van der Waals surface area contributed by atoms with Crippen molar-refractivity contribution in [1.29, 1.82) is 0 Å². The van der Waals surface area contributed by atoms with E-state index < -0.39 is 5.97 Å². The Morgan fingerprint density at radius 1 is 1.17 bits per heavy atom. The van der Waals surface area contributed by atoms with E-state index in [4.69, 9.17) is 5.11 Å². The van der Waals surface area contributed by atoms with E-state index in [1.54, 1.807) is 0 Å². The van der Waals surface area contributed by atoms with Crippen LogP contribution in [0.3, 0.4) is 0 Å². The van der Waals surface area contributed by atoms with Crippen LogP contribution >= 0.6 is 0 Å². The Balaban J connectivity index is 1.91. The van der Waals surface area contributed by atoms with Crippen LogP contribution < -0.4 is 5.32 Å². The van der Waals surface area contributed by atoms with Crippen LogP contribution in [-0.2, 0) is 4.79 Å². The van der Waals surface area contributed by atoms with Gasteiger partial charge in [0.05, 0.1) is 5.92 Å². The minimum atomic E-state index is -0.639. The smallest absolute Gasteiger partial charge is 0.306 e. The van der Waals surface area contributed by atoms with Crippen LogP contribution in [0, 0.1) is 19.8 Å². The number of carbonyl (C=O) groups is 1. The molecule has 2 N–H and O–H groups in total. The zero-order chi connectivity index (χ0) is 13.1. The molecule has 1 saturated carbocycles. The van der Waals surface area contributed by atoms with Gasteiger partial charge in [-0.1, -0.05) is 6.07 Å². The highest BCUT2D eigenvalue weighted by molar-refractivity contribution is 5.70. The van der Waals surface area contributed by atoms with Gasteiger partial charge < -0.3 is 10.4 Å². The summed E-state index contributed by atoms with van der Waals surface area (Å²) in [6.07, 6.45) is 3.48. The molecule has 98 valence electrons. The number of carboxylic acid groups (broad SMARTS) is 1. The predicted molar refractivity (Wildman–Crippen MR) is 72.9 cm³/mol. The third-order valence-electron chi connectivity index (χ3n) is 3.95. The van der Waals surface area contributed by atoms with Crippen molar-refractivity contribution in [2.45, 2.75) is 45.6 Å². The lowest BCUT2D eigenvalue weighted by molar-refractivity contribution is -0.142. The Bertz CT molecular complexity index is 434. The summed E-state index contributed by atoms with van der Waals surface area (Å²) in [5.74, 6) is -0.776. The van der Waals surface area contributed by atoms with Gasteiger partial charge in [-0.05, 0) is 62.8 Å². The molecule has 0 bridgehead atoms. The number of hydrogen-bond acceptors (Lipinski definition) is 2. The molecule has 1 aromatic rings. The number of nitrogens with one attached hydrogen (secondary N) is 1. The van der Waals surface area contributed by atoms with E-state index in [0.717, 1.165) is 31.4 Å². The molecular formula is C15H21NO2. The molecule has 1 fully saturated rings. The maximum Gasteiger partial charge on any atom is 0.306 e. The molecule has 0 atom stereocenters. The van der Waals surface area contributed by atoms with Crippen molar-refractivity contribution in [3.63, 3.8) is 0 Å². The van der Waals surface area contributed by atoms with Crippen LogP contribution in [0.4, 0.5) is 5.69 Å². The lowest BCUT2D eigenvalue weighted by atomic mass is 9.86. The molecule has 0 radical (unpaired) electrons. The molecule has 1 aromatic carbocycles. The topological polar surface area (TPSA) is 49.3 Å². The molecule has 3 nitrogen and oxygen atoms in total. The van der Waals surface area contributed by atoms with Crippen LogP contribution in [0.1, 0.15) is 36.8 Å². The van der Waals surface area contributed by atoms with Crippen LogP contribution in [0.5, 0.6) is 0 Å². The maximum atomic E-state index is 10.9. The summed E-state index contributed by atoms with van der Waals surface area (Å²) < 4.78 is 0. The summed E-state index contributed by atoms with van der Waals surface area (Å²) in [6.45, 7) is 4.22. The molecule has 0 spiro atoms. The summed E-state index contributed by atoms with van der Waals surface area (Å²) in [7, 11) is 0. The molecular weight excluding hydrogens is 226 g/mol. The second kappa shape index (κ2) is 5.42. The Hall–Kier alpha value is -1.51. The minimum absolute atomic E-state index is 0.136. The van der Waals surface area contributed by atoms with Crippen LogP contribution in [0.15, 0.2) is 18.2 Å². The number of benzene rings is 1. The molecule has 0 amide bonds. The van der Waals surface area contributed by atoms with Gasteiger partial charge in [0.2, 0.25) is 0 Å². The summed E-state index contributed by atoms with van der Waals surface area (Å²) in [5.41, 5.74) is 3.74. The fourth-order valence-electron chi connectivity index (χ4n) is 2.55. The molecule has 0 heterocycles. The third kappa shape index (κ3) is 3.03. The zero-order valence-corrected chi connectivity index (χ0v) is 11.1. The predicted octanol–water partition coefficient (Wildman–Crippen LogP) is 3.36. The molecule has 1 aliphatic carbocycles. The number of anilines is 1.